The molecule has 0 bridgehead atoms. The second-order valence-electron chi connectivity index (χ2n) is 5.48. The van der Waals surface area contributed by atoms with Crippen molar-refractivity contribution in [2.45, 2.75) is 19.8 Å². The van der Waals surface area contributed by atoms with Crippen LogP contribution in [0.5, 0.6) is 0 Å². The first kappa shape index (κ1) is 18.3. The zero-order valence-electron chi connectivity index (χ0n) is 14.3. The SMILES string of the molecule is CCOC(=S)Nc1nc2c(s1)C(O)=C(C(=O)c1ccc(NC)nc1)CC2. The third-order valence-corrected chi connectivity index (χ3v) is 5.09. The summed E-state index contributed by atoms with van der Waals surface area (Å²) in [5.41, 5.74) is 1.56. The van der Waals surface area contributed by atoms with Crippen molar-refractivity contribution in [3.05, 3.63) is 40.0 Å². The predicted molar refractivity (Wildman–Crippen MR) is 106 cm³/mol. The smallest absolute Gasteiger partial charge is 0.262 e. The van der Waals surface area contributed by atoms with Gasteiger partial charge in [-0.3, -0.25) is 10.1 Å². The Balaban J connectivity index is 1.85. The second-order valence-corrected chi connectivity index (χ2v) is 6.85. The number of hydrogen-bond acceptors (Lipinski definition) is 8. The molecule has 9 heteroatoms. The van der Waals surface area contributed by atoms with Crippen molar-refractivity contribution in [2.24, 2.45) is 0 Å². The largest absolute Gasteiger partial charge is 0.506 e. The van der Waals surface area contributed by atoms with E-state index in [1.807, 2.05) is 6.92 Å². The maximum absolute atomic E-state index is 12.7. The molecule has 0 saturated carbocycles. The minimum absolute atomic E-state index is 0.0261. The van der Waals surface area contributed by atoms with Gasteiger partial charge in [-0.25, -0.2) is 9.97 Å². The minimum Gasteiger partial charge on any atom is -0.506 e. The number of thiocarbonyl (C=S) groups is 1. The van der Waals surface area contributed by atoms with Crippen molar-refractivity contribution in [2.75, 3.05) is 24.3 Å². The van der Waals surface area contributed by atoms with Gasteiger partial charge in [-0.1, -0.05) is 11.3 Å². The van der Waals surface area contributed by atoms with Gasteiger partial charge in [-0.2, -0.15) is 0 Å². The van der Waals surface area contributed by atoms with E-state index >= 15 is 0 Å². The Labute approximate surface area is 160 Å². The molecule has 0 atom stereocenters. The fourth-order valence-corrected chi connectivity index (χ4v) is 3.84. The van der Waals surface area contributed by atoms with E-state index < -0.39 is 0 Å². The first-order valence-electron chi connectivity index (χ1n) is 8.08. The lowest BCUT2D eigenvalue weighted by molar-refractivity contribution is 0.102. The Morgan fingerprint density at radius 1 is 1.42 bits per heavy atom. The number of thiazole rings is 1. The predicted octanol–water partition coefficient (Wildman–Crippen LogP) is 3.41. The van der Waals surface area contributed by atoms with Crippen LogP contribution < -0.4 is 10.6 Å². The number of carbonyl (C=O) groups is 1. The molecule has 0 aliphatic heterocycles. The fourth-order valence-electron chi connectivity index (χ4n) is 2.58. The van der Waals surface area contributed by atoms with Crippen LogP contribution in [0.1, 0.15) is 34.3 Å². The van der Waals surface area contributed by atoms with Gasteiger partial charge in [0.15, 0.2) is 10.9 Å². The number of aryl methyl sites for hydroxylation is 1. The fraction of sp³-hybridized carbons (Fsp3) is 0.294. The zero-order valence-corrected chi connectivity index (χ0v) is 16.0. The van der Waals surface area contributed by atoms with Gasteiger partial charge >= 0.3 is 0 Å². The van der Waals surface area contributed by atoms with Crippen LogP contribution in [0.2, 0.25) is 0 Å². The van der Waals surface area contributed by atoms with Crippen molar-refractivity contribution >= 4 is 51.2 Å². The van der Waals surface area contributed by atoms with Crippen molar-refractivity contribution in [1.82, 2.24) is 9.97 Å². The summed E-state index contributed by atoms with van der Waals surface area (Å²) in [7, 11) is 1.76. The van der Waals surface area contributed by atoms with E-state index in [0.29, 0.717) is 46.4 Å². The van der Waals surface area contributed by atoms with Crippen molar-refractivity contribution in [3.63, 3.8) is 0 Å². The summed E-state index contributed by atoms with van der Waals surface area (Å²) < 4.78 is 5.19. The molecule has 3 rings (SSSR count). The molecule has 0 radical (unpaired) electrons. The van der Waals surface area contributed by atoms with E-state index in [1.165, 1.54) is 17.5 Å². The van der Waals surface area contributed by atoms with E-state index in [0.717, 1.165) is 5.69 Å². The zero-order chi connectivity index (χ0) is 18.7. The summed E-state index contributed by atoms with van der Waals surface area (Å²) in [4.78, 5) is 21.9. The number of aromatic nitrogens is 2. The number of anilines is 2. The molecule has 0 unspecified atom stereocenters. The first-order chi connectivity index (χ1) is 12.5. The number of aliphatic hydroxyl groups is 1. The number of ether oxygens (including phenoxy) is 1. The molecular formula is C17H18N4O3S2. The lowest BCUT2D eigenvalue weighted by Crippen LogP contribution is -2.13. The van der Waals surface area contributed by atoms with E-state index in [9.17, 15) is 9.90 Å². The van der Waals surface area contributed by atoms with Crippen molar-refractivity contribution < 1.29 is 14.6 Å². The lowest BCUT2D eigenvalue weighted by Gasteiger charge is -2.14. The number of nitrogens with one attached hydrogen (secondary N) is 2. The van der Waals surface area contributed by atoms with Gasteiger partial charge in [-0.05, 0) is 44.1 Å². The topological polar surface area (TPSA) is 96.4 Å². The van der Waals surface area contributed by atoms with Gasteiger partial charge in [0.1, 0.15) is 11.6 Å². The van der Waals surface area contributed by atoms with Gasteiger partial charge < -0.3 is 15.2 Å². The van der Waals surface area contributed by atoms with Crippen LogP contribution in [-0.2, 0) is 11.2 Å². The summed E-state index contributed by atoms with van der Waals surface area (Å²) in [6.45, 7) is 2.30. The number of Topliss-reactive ketones (excluding diaryl/α,β-unsaturated/α-hetero) is 1. The van der Waals surface area contributed by atoms with E-state index in [1.54, 1.807) is 19.2 Å². The van der Waals surface area contributed by atoms with Gasteiger partial charge in [-0.15, -0.1) is 0 Å². The molecule has 7 nitrogen and oxygen atoms in total. The molecule has 2 aromatic rings. The molecule has 0 saturated heterocycles. The standard InChI is InChI=1S/C17H18N4O3S2/c1-3-24-17(25)21-16-20-11-6-5-10(14(23)15(11)26-16)13(22)9-4-7-12(18-2)19-8-9/h4,7-8,23H,3,5-6H2,1-2H3,(H,18,19)(H,20,21,25). The molecule has 0 aromatic carbocycles. The highest BCUT2D eigenvalue weighted by molar-refractivity contribution is 7.80. The summed E-state index contributed by atoms with van der Waals surface area (Å²) in [6, 6.07) is 3.42. The van der Waals surface area contributed by atoms with Crippen LogP contribution in [0.3, 0.4) is 0 Å². The molecule has 2 heterocycles. The number of aliphatic hydroxyl groups excluding tert-OH is 1. The molecule has 136 valence electrons. The maximum atomic E-state index is 12.7. The van der Waals surface area contributed by atoms with Crippen LogP contribution in [0.4, 0.5) is 10.9 Å². The van der Waals surface area contributed by atoms with Gasteiger partial charge in [0.2, 0.25) is 0 Å². The third kappa shape index (κ3) is 3.68. The lowest BCUT2D eigenvalue weighted by atomic mass is 9.93. The number of ketones is 1. The Bertz CT molecular complexity index is 875. The van der Waals surface area contributed by atoms with Crippen molar-refractivity contribution in [3.8, 4) is 0 Å². The number of fused-ring (bicyclic) bond motifs is 1. The Kier molecular flexibility index (Phi) is 5.48. The summed E-state index contributed by atoms with van der Waals surface area (Å²) in [5, 5.41) is 17.2. The quantitative estimate of drug-likeness (QED) is 0.528. The molecule has 26 heavy (non-hydrogen) atoms. The number of rotatable bonds is 5. The van der Waals surface area contributed by atoms with Crippen LogP contribution >= 0.6 is 23.6 Å². The normalized spacial score (nSPS) is 13.2. The van der Waals surface area contributed by atoms with E-state index in [-0.39, 0.29) is 16.7 Å². The number of carbonyl (C=O) groups excluding carboxylic acids is 1. The second kappa shape index (κ2) is 7.79. The number of hydrogen-bond donors (Lipinski definition) is 3. The van der Waals surface area contributed by atoms with Crippen LogP contribution in [0.25, 0.3) is 5.76 Å². The van der Waals surface area contributed by atoms with Crippen LogP contribution in [-0.4, -0.2) is 39.7 Å². The molecule has 1 aliphatic rings. The average molecular weight is 390 g/mol. The first-order valence-corrected chi connectivity index (χ1v) is 9.30. The van der Waals surface area contributed by atoms with Crippen molar-refractivity contribution in [1.29, 1.82) is 0 Å². The highest BCUT2D eigenvalue weighted by atomic mass is 32.1. The monoisotopic (exact) mass is 390 g/mol. The molecule has 0 spiro atoms. The highest BCUT2D eigenvalue weighted by Gasteiger charge is 2.28. The number of nitrogens with zero attached hydrogens (tertiary/aromatic N) is 2. The third-order valence-electron chi connectivity index (χ3n) is 3.85. The molecule has 2 aromatic heterocycles. The Morgan fingerprint density at radius 2 is 2.23 bits per heavy atom. The van der Waals surface area contributed by atoms with Gasteiger partial charge in [0.05, 0.1) is 17.2 Å². The van der Waals surface area contributed by atoms with E-state index in [4.69, 9.17) is 17.0 Å². The van der Waals surface area contributed by atoms with Crippen LogP contribution in [0, 0.1) is 0 Å². The maximum Gasteiger partial charge on any atom is 0.262 e. The molecule has 0 amide bonds. The van der Waals surface area contributed by atoms with Gasteiger partial charge in [0, 0.05) is 24.4 Å². The Morgan fingerprint density at radius 3 is 2.88 bits per heavy atom. The molecule has 0 fully saturated rings. The summed E-state index contributed by atoms with van der Waals surface area (Å²) in [5.74, 6) is 0.423. The highest BCUT2D eigenvalue weighted by Crippen LogP contribution is 2.37. The number of pyridine rings is 1. The molecule has 3 N–H and O–H groups in total. The van der Waals surface area contributed by atoms with E-state index in [2.05, 4.69) is 20.6 Å². The van der Waals surface area contributed by atoms with Gasteiger partial charge in [0.25, 0.3) is 5.17 Å². The Hall–Kier alpha value is -2.52. The molecular weight excluding hydrogens is 372 g/mol. The summed E-state index contributed by atoms with van der Waals surface area (Å²) >= 11 is 6.29. The van der Waals surface area contributed by atoms with Crippen LogP contribution in [0.15, 0.2) is 23.9 Å². The minimum atomic E-state index is -0.226. The summed E-state index contributed by atoms with van der Waals surface area (Å²) in [6.07, 6.45) is 2.50. The number of allylic oxidation sites excluding steroid dienone is 1. The average Bonchev–Trinajstić information content (AvgIpc) is 3.05. The molecule has 1 aliphatic carbocycles.